The fourth-order valence-corrected chi connectivity index (χ4v) is 4.23. The Kier molecular flexibility index (Phi) is 10.3. The second-order valence-corrected chi connectivity index (χ2v) is 8.95. The molecule has 0 amide bonds. The summed E-state index contributed by atoms with van der Waals surface area (Å²) in [7, 11) is 0. The van der Waals surface area contributed by atoms with Crippen LogP contribution in [0.25, 0.3) is 0 Å². The zero-order valence-electron chi connectivity index (χ0n) is 19.2. The van der Waals surface area contributed by atoms with Gasteiger partial charge in [0, 0.05) is 0 Å². The average Bonchev–Trinajstić information content (AvgIpc) is 2.80. The van der Waals surface area contributed by atoms with Crippen LogP contribution >= 0.6 is 0 Å². The highest BCUT2D eigenvalue weighted by atomic mass is 16.4. The van der Waals surface area contributed by atoms with Crippen molar-refractivity contribution in [3.63, 3.8) is 0 Å². The molecule has 0 aliphatic heterocycles. The largest absolute Gasteiger partial charge is 0.394 e. The predicted molar refractivity (Wildman–Crippen MR) is 124 cm³/mol. The lowest BCUT2D eigenvalue weighted by Crippen LogP contribution is -2.52. The van der Waals surface area contributed by atoms with Gasteiger partial charge in [-0.15, -0.1) is 0 Å². The minimum Gasteiger partial charge on any atom is -0.394 e. The third-order valence-electron chi connectivity index (χ3n) is 6.65. The number of aliphatic hydroxyl groups excluding tert-OH is 6. The molecule has 0 heterocycles. The summed E-state index contributed by atoms with van der Waals surface area (Å²) >= 11 is 0. The van der Waals surface area contributed by atoms with Crippen LogP contribution in [0.4, 0.5) is 0 Å². The van der Waals surface area contributed by atoms with E-state index in [0.29, 0.717) is 6.42 Å². The number of rotatable bonds is 12. The number of hydrogen-bond acceptors (Lipinski definition) is 6. The highest BCUT2D eigenvalue weighted by Crippen LogP contribution is 2.30. The van der Waals surface area contributed by atoms with Gasteiger partial charge in [-0.2, -0.15) is 0 Å². The van der Waals surface area contributed by atoms with Gasteiger partial charge in [0.15, 0.2) is 0 Å². The summed E-state index contributed by atoms with van der Waals surface area (Å²) in [5.41, 5.74) is 4.54. The van der Waals surface area contributed by atoms with Gasteiger partial charge in [-0.25, -0.2) is 0 Å². The maximum absolute atomic E-state index is 11.1. The van der Waals surface area contributed by atoms with E-state index in [2.05, 4.69) is 19.1 Å². The van der Waals surface area contributed by atoms with E-state index in [9.17, 15) is 25.5 Å². The number of hydrogen-bond donors (Lipinski definition) is 6. The third kappa shape index (κ3) is 6.85. The lowest BCUT2D eigenvalue weighted by Gasteiger charge is -2.35. The van der Waals surface area contributed by atoms with Crippen molar-refractivity contribution >= 4 is 0 Å². The molecule has 0 aliphatic rings. The van der Waals surface area contributed by atoms with Crippen LogP contribution in [-0.4, -0.2) is 67.8 Å². The van der Waals surface area contributed by atoms with E-state index >= 15 is 0 Å². The molecule has 6 N–H and O–H groups in total. The molecule has 0 spiro atoms. The molecule has 2 aromatic rings. The van der Waals surface area contributed by atoms with E-state index in [1.165, 1.54) is 11.1 Å². The maximum atomic E-state index is 11.1. The summed E-state index contributed by atoms with van der Waals surface area (Å²) < 4.78 is 0. The van der Waals surface area contributed by atoms with Crippen LogP contribution in [0.15, 0.2) is 48.5 Å². The molecular weight excluding hydrogens is 408 g/mol. The predicted octanol–water partition coefficient (Wildman–Crippen LogP) is 1.53. The molecule has 32 heavy (non-hydrogen) atoms. The molecule has 0 aliphatic carbocycles. The van der Waals surface area contributed by atoms with Gasteiger partial charge in [0.05, 0.1) is 12.7 Å². The quantitative estimate of drug-likeness (QED) is 0.294. The van der Waals surface area contributed by atoms with Gasteiger partial charge in [0.1, 0.15) is 24.4 Å². The first-order valence-electron chi connectivity index (χ1n) is 11.3. The van der Waals surface area contributed by atoms with Gasteiger partial charge < -0.3 is 30.6 Å². The summed E-state index contributed by atoms with van der Waals surface area (Å²) in [5, 5.41) is 60.7. The Hall–Kier alpha value is -1.80. The Balaban J connectivity index is 2.22. The zero-order valence-corrected chi connectivity index (χ0v) is 19.2. The molecule has 6 nitrogen and oxygen atoms in total. The van der Waals surface area contributed by atoms with E-state index in [1.54, 1.807) is 0 Å². The monoisotopic (exact) mass is 446 g/mol. The van der Waals surface area contributed by atoms with Crippen molar-refractivity contribution in [1.29, 1.82) is 0 Å². The smallest absolute Gasteiger partial charge is 0.111 e. The van der Waals surface area contributed by atoms with Gasteiger partial charge in [-0.1, -0.05) is 55.5 Å². The van der Waals surface area contributed by atoms with Gasteiger partial charge >= 0.3 is 0 Å². The van der Waals surface area contributed by atoms with E-state index in [1.807, 2.05) is 50.2 Å². The molecule has 0 aromatic heterocycles. The molecule has 0 saturated carbocycles. The van der Waals surface area contributed by atoms with Crippen molar-refractivity contribution in [1.82, 2.24) is 0 Å². The summed E-state index contributed by atoms with van der Waals surface area (Å²) in [5.74, 6) is -0.408. The highest BCUT2D eigenvalue weighted by Gasteiger charge is 2.39. The maximum Gasteiger partial charge on any atom is 0.111 e. The minimum absolute atomic E-state index is 0.00836. The van der Waals surface area contributed by atoms with Crippen LogP contribution in [0.2, 0.25) is 0 Å². The zero-order chi connectivity index (χ0) is 23.8. The van der Waals surface area contributed by atoms with Crippen LogP contribution in [0.1, 0.15) is 35.6 Å². The summed E-state index contributed by atoms with van der Waals surface area (Å²) in [6, 6.07) is 16.0. The molecule has 2 aromatic carbocycles. The van der Waals surface area contributed by atoms with Crippen LogP contribution in [0.3, 0.4) is 0 Å². The molecule has 2 rings (SSSR count). The number of aliphatic hydroxyl groups is 6. The van der Waals surface area contributed by atoms with Gasteiger partial charge in [-0.3, -0.25) is 0 Å². The molecule has 0 radical (unpaired) electrons. The molecule has 0 fully saturated rings. The SMILES string of the molecule is Cc1ccccc1CCC(C)C(Cc1ccccc1C)C(O)[C@@H](O)[C@@H](O)[C@H](O)[C@@H](O)CO. The van der Waals surface area contributed by atoms with Gasteiger partial charge in [-0.05, 0) is 67.2 Å². The average molecular weight is 447 g/mol. The molecule has 178 valence electrons. The fourth-order valence-electron chi connectivity index (χ4n) is 4.23. The number of benzene rings is 2. The second-order valence-electron chi connectivity index (χ2n) is 8.95. The number of aryl methyl sites for hydroxylation is 3. The van der Waals surface area contributed by atoms with Crippen LogP contribution in [-0.2, 0) is 12.8 Å². The van der Waals surface area contributed by atoms with Crippen molar-refractivity contribution in [2.24, 2.45) is 11.8 Å². The summed E-state index contributed by atoms with van der Waals surface area (Å²) in [4.78, 5) is 0. The topological polar surface area (TPSA) is 121 Å². The van der Waals surface area contributed by atoms with E-state index in [-0.39, 0.29) is 5.92 Å². The molecule has 7 atom stereocenters. The van der Waals surface area contributed by atoms with Crippen molar-refractivity contribution in [3.8, 4) is 0 Å². The van der Waals surface area contributed by atoms with Crippen molar-refractivity contribution in [3.05, 3.63) is 70.8 Å². The lowest BCUT2D eigenvalue weighted by molar-refractivity contribution is -0.152. The first-order chi connectivity index (χ1) is 15.2. The Bertz CT molecular complexity index is 825. The van der Waals surface area contributed by atoms with E-state index < -0.39 is 43.0 Å². The Labute approximate surface area is 190 Å². The van der Waals surface area contributed by atoms with Crippen molar-refractivity contribution in [2.45, 2.75) is 70.6 Å². The first kappa shape index (κ1) is 26.5. The van der Waals surface area contributed by atoms with Crippen LogP contribution in [0, 0.1) is 25.7 Å². The second kappa shape index (κ2) is 12.4. The van der Waals surface area contributed by atoms with E-state index in [0.717, 1.165) is 24.0 Å². The molecule has 3 unspecified atom stereocenters. The Morgan fingerprint density at radius 1 is 0.688 bits per heavy atom. The summed E-state index contributed by atoms with van der Waals surface area (Å²) in [6.07, 6.45) is -6.12. The van der Waals surface area contributed by atoms with Crippen molar-refractivity contribution < 1.29 is 30.6 Å². The fraction of sp³-hybridized carbons (Fsp3) is 0.538. The van der Waals surface area contributed by atoms with Crippen LogP contribution < -0.4 is 0 Å². The van der Waals surface area contributed by atoms with E-state index in [4.69, 9.17) is 5.11 Å². The standard InChI is InChI=1S/C26H38O6/c1-16-8-4-6-10-19(16)13-12-18(3)21(14-20-11-7-5-9-17(20)2)23(29)25(31)26(32)24(30)22(28)15-27/h4-11,18,21-32H,12-15H2,1-3H3/t18?,21?,22-,23?,24+,25+,26-/m0/s1. The van der Waals surface area contributed by atoms with Crippen molar-refractivity contribution in [2.75, 3.05) is 6.61 Å². The molecule has 6 heteroatoms. The Morgan fingerprint density at radius 3 is 1.72 bits per heavy atom. The minimum atomic E-state index is -1.80. The Morgan fingerprint density at radius 2 is 1.19 bits per heavy atom. The highest BCUT2D eigenvalue weighted by molar-refractivity contribution is 5.27. The molecule has 0 bridgehead atoms. The first-order valence-corrected chi connectivity index (χ1v) is 11.3. The van der Waals surface area contributed by atoms with Gasteiger partial charge in [0.25, 0.3) is 0 Å². The third-order valence-corrected chi connectivity index (χ3v) is 6.65. The summed E-state index contributed by atoms with van der Waals surface area (Å²) in [6.45, 7) is 5.31. The molecule has 0 saturated heterocycles. The lowest BCUT2D eigenvalue weighted by atomic mass is 9.77. The van der Waals surface area contributed by atoms with Gasteiger partial charge in [0.2, 0.25) is 0 Å². The molecular formula is C26H38O6. The normalized spacial score (nSPS) is 18.4. The van der Waals surface area contributed by atoms with Crippen LogP contribution in [0.5, 0.6) is 0 Å².